The number of ether oxygens (including phenoxy) is 2. The zero-order valence-electron chi connectivity index (χ0n) is 16.1. The van der Waals surface area contributed by atoms with Crippen LogP contribution in [0.15, 0.2) is 35.7 Å². The van der Waals surface area contributed by atoms with Crippen molar-refractivity contribution in [2.75, 3.05) is 17.9 Å². The number of aromatic nitrogens is 5. The van der Waals surface area contributed by atoms with Crippen molar-refractivity contribution >= 4 is 15.7 Å². The molecule has 2 aromatic heterocycles. The van der Waals surface area contributed by atoms with Crippen molar-refractivity contribution in [2.45, 2.75) is 25.7 Å². The highest BCUT2D eigenvalue weighted by Gasteiger charge is 2.23. The van der Waals surface area contributed by atoms with Crippen LogP contribution in [0.3, 0.4) is 0 Å². The molecule has 0 atom stereocenters. The minimum Gasteiger partial charge on any atom is -0.490 e. The molecule has 0 aliphatic rings. The molecule has 1 N–H and O–H groups in total. The fraction of sp³-hybridized carbons (Fsp3) is 0.353. The van der Waals surface area contributed by atoms with Gasteiger partial charge in [-0.15, -0.1) is 0 Å². The van der Waals surface area contributed by atoms with Crippen LogP contribution in [0.5, 0.6) is 11.5 Å². The van der Waals surface area contributed by atoms with Gasteiger partial charge in [0.05, 0.1) is 23.8 Å². The van der Waals surface area contributed by atoms with Crippen molar-refractivity contribution in [3.63, 3.8) is 0 Å². The molecule has 0 radical (unpaired) electrons. The zero-order valence-corrected chi connectivity index (χ0v) is 16.9. The molecule has 3 aromatic rings. The van der Waals surface area contributed by atoms with E-state index in [4.69, 9.17) is 9.47 Å². The van der Waals surface area contributed by atoms with Gasteiger partial charge in [-0.2, -0.15) is 10.2 Å². The Hall–Kier alpha value is -3.08. The number of anilines is 1. The molecule has 2 heterocycles. The molecule has 0 bridgehead atoms. The van der Waals surface area contributed by atoms with Gasteiger partial charge in [-0.05, 0) is 32.9 Å². The SMILES string of the molecule is CCOc1ccc(S(=O)(=O)Nc2c(C)nn(C)c2-n2cncn2)cc1OCC. The van der Waals surface area contributed by atoms with Crippen LogP contribution >= 0.6 is 0 Å². The number of hydrogen-bond donors (Lipinski definition) is 1. The third kappa shape index (κ3) is 3.79. The lowest BCUT2D eigenvalue weighted by Gasteiger charge is -2.14. The summed E-state index contributed by atoms with van der Waals surface area (Å²) in [6, 6.07) is 4.49. The predicted molar refractivity (Wildman–Crippen MR) is 102 cm³/mol. The molecule has 0 spiro atoms. The van der Waals surface area contributed by atoms with E-state index in [1.54, 1.807) is 20.0 Å². The summed E-state index contributed by atoms with van der Waals surface area (Å²) in [5, 5.41) is 8.35. The van der Waals surface area contributed by atoms with Gasteiger partial charge in [-0.25, -0.2) is 22.8 Å². The summed E-state index contributed by atoms with van der Waals surface area (Å²) in [5.74, 6) is 1.31. The van der Waals surface area contributed by atoms with Crippen molar-refractivity contribution in [1.82, 2.24) is 24.5 Å². The Morgan fingerprint density at radius 3 is 2.50 bits per heavy atom. The molecule has 0 saturated carbocycles. The smallest absolute Gasteiger partial charge is 0.262 e. The zero-order chi connectivity index (χ0) is 20.3. The minimum absolute atomic E-state index is 0.0483. The Kier molecular flexibility index (Phi) is 5.54. The average molecular weight is 406 g/mol. The molecule has 0 unspecified atom stereocenters. The molecular formula is C17H22N6O4S. The highest BCUT2D eigenvalue weighted by molar-refractivity contribution is 7.92. The van der Waals surface area contributed by atoms with Crippen LogP contribution in [0.4, 0.5) is 5.69 Å². The topological polar surface area (TPSA) is 113 Å². The van der Waals surface area contributed by atoms with Crippen molar-refractivity contribution in [1.29, 1.82) is 0 Å². The van der Waals surface area contributed by atoms with Crippen molar-refractivity contribution in [3.05, 3.63) is 36.5 Å². The predicted octanol–water partition coefficient (Wildman–Crippen LogP) is 1.91. The van der Waals surface area contributed by atoms with Gasteiger partial charge in [0.15, 0.2) is 17.3 Å². The number of rotatable bonds is 8. The van der Waals surface area contributed by atoms with E-state index in [9.17, 15) is 8.42 Å². The van der Waals surface area contributed by atoms with Gasteiger partial charge in [-0.3, -0.25) is 4.72 Å². The monoisotopic (exact) mass is 406 g/mol. The largest absolute Gasteiger partial charge is 0.490 e. The summed E-state index contributed by atoms with van der Waals surface area (Å²) < 4.78 is 42.7. The quantitative estimate of drug-likeness (QED) is 0.608. The molecule has 1 aromatic carbocycles. The first-order chi connectivity index (χ1) is 13.4. The molecule has 150 valence electrons. The molecule has 0 saturated heterocycles. The van der Waals surface area contributed by atoms with Gasteiger partial charge < -0.3 is 9.47 Å². The number of benzene rings is 1. The number of hydrogen-bond acceptors (Lipinski definition) is 7. The van der Waals surface area contributed by atoms with Crippen LogP contribution in [-0.2, 0) is 17.1 Å². The standard InChI is InChI=1S/C17H22N6O4S/c1-5-26-14-8-7-13(9-15(14)27-6-2)28(24,25)21-16-12(3)20-22(4)17(16)23-11-18-10-19-23/h7-11,21H,5-6H2,1-4H3. The Balaban J connectivity index is 2.01. The van der Waals surface area contributed by atoms with Crippen LogP contribution < -0.4 is 14.2 Å². The highest BCUT2D eigenvalue weighted by Crippen LogP contribution is 2.32. The lowest BCUT2D eigenvalue weighted by atomic mass is 10.3. The minimum atomic E-state index is -3.91. The van der Waals surface area contributed by atoms with Gasteiger partial charge in [0.1, 0.15) is 18.3 Å². The second kappa shape index (κ2) is 7.89. The second-order valence-corrected chi connectivity index (χ2v) is 7.51. The third-order valence-corrected chi connectivity index (χ3v) is 5.24. The van der Waals surface area contributed by atoms with Crippen LogP contribution in [0, 0.1) is 6.92 Å². The molecule has 10 nitrogen and oxygen atoms in total. The summed E-state index contributed by atoms with van der Waals surface area (Å²) in [4.78, 5) is 3.96. The number of sulfonamides is 1. The molecular weight excluding hydrogens is 384 g/mol. The van der Waals surface area contributed by atoms with Crippen molar-refractivity contribution in [2.24, 2.45) is 7.05 Å². The van der Waals surface area contributed by atoms with Crippen molar-refractivity contribution in [3.8, 4) is 17.3 Å². The average Bonchev–Trinajstić information content (AvgIpc) is 3.25. The first kappa shape index (κ1) is 19.7. The van der Waals surface area contributed by atoms with E-state index in [0.29, 0.717) is 41.9 Å². The van der Waals surface area contributed by atoms with E-state index in [0.717, 1.165) is 0 Å². The molecule has 11 heteroatoms. The van der Waals surface area contributed by atoms with Gasteiger partial charge in [0.25, 0.3) is 10.0 Å². The normalized spacial score (nSPS) is 11.4. The number of aryl methyl sites for hydroxylation is 2. The fourth-order valence-corrected chi connectivity index (χ4v) is 3.87. The summed E-state index contributed by atoms with van der Waals surface area (Å²) in [6.45, 7) is 6.20. The maximum absolute atomic E-state index is 13.0. The second-order valence-electron chi connectivity index (χ2n) is 5.83. The van der Waals surface area contributed by atoms with Crippen LogP contribution in [0.1, 0.15) is 19.5 Å². The van der Waals surface area contributed by atoms with E-state index in [2.05, 4.69) is 19.9 Å². The number of nitrogens with one attached hydrogen (secondary N) is 1. The lowest BCUT2D eigenvalue weighted by molar-refractivity contribution is 0.287. The first-order valence-electron chi connectivity index (χ1n) is 8.68. The molecule has 0 aliphatic carbocycles. The van der Waals surface area contributed by atoms with Gasteiger partial charge in [0, 0.05) is 13.1 Å². The van der Waals surface area contributed by atoms with Gasteiger partial charge in [0.2, 0.25) is 0 Å². The molecule has 0 aliphatic heterocycles. The Morgan fingerprint density at radius 1 is 1.14 bits per heavy atom. The van der Waals surface area contributed by atoms with Crippen molar-refractivity contribution < 1.29 is 17.9 Å². The van der Waals surface area contributed by atoms with E-state index < -0.39 is 10.0 Å². The fourth-order valence-electron chi connectivity index (χ4n) is 2.74. The van der Waals surface area contributed by atoms with E-state index in [1.807, 2.05) is 13.8 Å². The van der Waals surface area contributed by atoms with Gasteiger partial charge in [-0.1, -0.05) is 0 Å². The third-order valence-electron chi connectivity index (χ3n) is 3.89. The number of nitrogens with zero attached hydrogens (tertiary/aromatic N) is 5. The Labute approximate surface area is 163 Å². The van der Waals surface area contributed by atoms with Crippen LogP contribution in [0.2, 0.25) is 0 Å². The van der Waals surface area contributed by atoms with Gasteiger partial charge >= 0.3 is 0 Å². The molecule has 0 fully saturated rings. The summed E-state index contributed by atoms with van der Waals surface area (Å²) in [5.41, 5.74) is 0.826. The summed E-state index contributed by atoms with van der Waals surface area (Å²) >= 11 is 0. The van der Waals surface area contributed by atoms with E-state index in [1.165, 1.54) is 34.2 Å². The Morgan fingerprint density at radius 2 is 1.86 bits per heavy atom. The first-order valence-corrected chi connectivity index (χ1v) is 10.2. The molecule has 3 rings (SSSR count). The Bertz CT molecular complexity index is 1060. The van der Waals surface area contributed by atoms with Crippen LogP contribution in [-0.4, -0.2) is 46.2 Å². The summed E-state index contributed by atoms with van der Waals surface area (Å²) in [7, 11) is -2.21. The molecule has 0 amide bonds. The lowest BCUT2D eigenvalue weighted by Crippen LogP contribution is -2.16. The summed E-state index contributed by atoms with van der Waals surface area (Å²) in [6.07, 6.45) is 2.83. The van der Waals surface area contributed by atoms with E-state index in [-0.39, 0.29) is 4.90 Å². The highest BCUT2D eigenvalue weighted by atomic mass is 32.2. The van der Waals surface area contributed by atoms with Crippen LogP contribution in [0.25, 0.3) is 5.82 Å². The van der Waals surface area contributed by atoms with E-state index >= 15 is 0 Å². The maximum atomic E-state index is 13.0. The molecule has 28 heavy (non-hydrogen) atoms. The maximum Gasteiger partial charge on any atom is 0.262 e.